The summed E-state index contributed by atoms with van der Waals surface area (Å²) in [7, 11) is -3.48. The Labute approximate surface area is 126 Å². The van der Waals surface area contributed by atoms with Crippen LogP contribution in [0.5, 0.6) is 0 Å². The molecule has 21 heavy (non-hydrogen) atoms. The van der Waals surface area contributed by atoms with E-state index < -0.39 is 10.0 Å². The van der Waals surface area contributed by atoms with Gasteiger partial charge in [0.25, 0.3) is 0 Å². The molecular formula is C15H24N2O3S. The topological polar surface area (TPSA) is 81.4 Å². The Morgan fingerprint density at radius 2 is 2.24 bits per heavy atom. The quantitative estimate of drug-likeness (QED) is 0.841. The minimum Gasteiger partial charge on any atom is -0.378 e. The zero-order valence-corrected chi connectivity index (χ0v) is 13.2. The number of nitrogens with two attached hydrogens (primary N) is 1. The number of nitrogens with one attached hydrogen (secondary N) is 1. The van der Waals surface area contributed by atoms with Crippen LogP contribution in [0, 0.1) is 0 Å². The first-order valence-corrected chi connectivity index (χ1v) is 8.94. The van der Waals surface area contributed by atoms with E-state index in [1.165, 1.54) is 0 Å². The predicted molar refractivity (Wildman–Crippen MR) is 82.4 cm³/mol. The summed E-state index contributed by atoms with van der Waals surface area (Å²) < 4.78 is 32.7. The van der Waals surface area contributed by atoms with Crippen molar-refractivity contribution in [3.05, 3.63) is 29.8 Å². The van der Waals surface area contributed by atoms with Gasteiger partial charge in [0.1, 0.15) is 0 Å². The maximum atomic E-state index is 12.3. The molecular weight excluding hydrogens is 288 g/mol. The van der Waals surface area contributed by atoms with E-state index in [1.807, 2.05) is 13.0 Å². The zero-order valence-electron chi connectivity index (χ0n) is 12.4. The molecule has 1 aliphatic rings. The molecule has 0 aromatic heterocycles. The molecule has 2 rings (SSSR count). The minimum absolute atomic E-state index is 0.178. The van der Waals surface area contributed by atoms with E-state index in [1.54, 1.807) is 18.2 Å². The lowest BCUT2D eigenvalue weighted by Crippen LogP contribution is -2.29. The van der Waals surface area contributed by atoms with Crippen molar-refractivity contribution in [2.45, 2.75) is 49.6 Å². The van der Waals surface area contributed by atoms with Crippen LogP contribution in [-0.4, -0.2) is 27.7 Å². The van der Waals surface area contributed by atoms with Crippen molar-refractivity contribution in [3.8, 4) is 0 Å². The monoisotopic (exact) mass is 312 g/mol. The summed E-state index contributed by atoms with van der Waals surface area (Å²) in [5.74, 6) is 0. The maximum Gasteiger partial charge on any atom is 0.240 e. The molecule has 6 heteroatoms. The first-order chi connectivity index (χ1) is 9.99. The third-order valence-corrected chi connectivity index (χ3v) is 5.19. The Hall–Kier alpha value is -0.950. The van der Waals surface area contributed by atoms with Gasteiger partial charge in [-0.1, -0.05) is 12.1 Å². The van der Waals surface area contributed by atoms with E-state index >= 15 is 0 Å². The van der Waals surface area contributed by atoms with Crippen molar-refractivity contribution in [3.63, 3.8) is 0 Å². The molecule has 0 spiro atoms. The van der Waals surface area contributed by atoms with Gasteiger partial charge in [0, 0.05) is 19.2 Å². The lowest BCUT2D eigenvalue weighted by atomic mass is 10.1. The van der Waals surface area contributed by atoms with Crippen LogP contribution in [0.2, 0.25) is 0 Å². The molecule has 2 atom stereocenters. The molecule has 1 aromatic carbocycles. The lowest BCUT2D eigenvalue weighted by Gasteiger charge is -2.22. The van der Waals surface area contributed by atoms with Crippen LogP contribution in [-0.2, 0) is 14.8 Å². The fourth-order valence-corrected chi connectivity index (χ4v) is 3.54. The van der Waals surface area contributed by atoms with E-state index in [4.69, 9.17) is 10.5 Å². The summed E-state index contributed by atoms with van der Waals surface area (Å²) in [5, 5.41) is 0. The molecule has 1 aromatic rings. The standard InChI is InChI=1S/C15H24N2O3S/c1-12(16)13-5-4-7-15(11-13)21(18,19)17-9-8-14-6-2-3-10-20-14/h4-5,7,11-12,14,17H,2-3,6,8-10,16H2,1H3. The zero-order chi connectivity index (χ0) is 15.3. The molecule has 118 valence electrons. The molecule has 1 aliphatic heterocycles. The van der Waals surface area contributed by atoms with E-state index in [0.717, 1.165) is 31.4 Å². The van der Waals surface area contributed by atoms with Crippen LogP contribution in [0.3, 0.4) is 0 Å². The van der Waals surface area contributed by atoms with Gasteiger partial charge in [-0.15, -0.1) is 0 Å². The Kier molecular flexibility index (Phi) is 5.75. The summed E-state index contributed by atoms with van der Waals surface area (Å²) >= 11 is 0. The van der Waals surface area contributed by atoms with Crippen molar-refractivity contribution >= 4 is 10.0 Å². The van der Waals surface area contributed by atoms with Gasteiger partial charge in [-0.25, -0.2) is 13.1 Å². The summed E-state index contributed by atoms with van der Waals surface area (Å²) in [4.78, 5) is 0.266. The lowest BCUT2D eigenvalue weighted by molar-refractivity contribution is 0.0123. The predicted octanol–water partition coefficient (Wildman–Crippen LogP) is 1.94. The highest BCUT2D eigenvalue weighted by molar-refractivity contribution is 7.89. The Bertz CT molecular complexity index is 552. The summed E-state index contributed by atoms with van der Waals surface area (Å²) in [5.41, 5.74) is 6.61. The van der Waals surface area contributed by atoms with Gasteiger partial charge in [-0.3, -0.25) is 0 Å². The number of benzene rings is 1. The molecule has 0 radical (unpaired) electrons. The highest BCUT2D eigenvalue weighted by Gasteiger charge is 2.17. The van der Waals surface area contributed by atoms with Crippen molar-refractivity contribution in [2.75, 3.05) is 13.2 Å². The fourth-order valence-electron chi connectivity index (χ4n) is 2.44. The molecule has 1 saturated heterocycles. The van der Waals surface area contributed by atoms with Crippen LogP contribution >= 0.6 is 0 Å². The van der Waals surface area contributed by atoms with Crippen molar-refractivity contribution < 1.29 is 13.2 Å². The molecule has 0 amide bonds. The molecule has 3 N–H and O–H groups in total. The molecule has 0 bridgehead atoms. The van der Waals surface area contributed by atoms with Crippen LogP contribution in [0.4, 0.5) is 0 Å². The van der Waals surface area contributed by atoms with Gasteiger partial charge in [0.05, 0.1) is 11.0 Å². The highest BCUT2D eigenvalue weighted by Crippen LogP contribution is 2.17. The second-order valence-corrected chi connectivity index (χ2v) is 7.30. The van der Waals surface area contributed by atoms with Crippen LogP contribution in [0.15, 0.2) is 29.2 Å². The number of hydrogen-bond acceptors (Lipinski definition) is 4. The molecule has 2 unspecified atom stereocenters. The van der Waals surface area contributed by atoms with Crippen molar-refractivity contribution in [2.24, 2.45) is 5.73 Å². The van der Waals surface area contributed by atoms with E-state index in [0.29, 0.717) is 13.0 Å². The van der Waals surface area contributed by atoms with Crippen LogP contribution in [0.1, 0.15) is 44.2 Å². The van der Waals surface area contributed by atoms with Crippen LogP contribution in [0.25, 0.3) is 0 Å². The second kappa shape index (κ2) is 7.35. The Morgan fingerprint density at radius 1 is 1.43 bits per heavy atom. The fraction of sp³-hybridized carbons (Fsp3) is 0.600. The van der Waals surface area contributed by atoms with Gasteiger partial charge >= 0.3 is 0 Å². The average Bonchev–Trinajstić information content (AvgIpc) is 2.48. The summed E-state index contributed by atoms with van der Waals surface area (Å²) in [6.45, 7) is 3.02. The van der Waals surface area contributed by atoms with E-state index in [2.05, 4.69) is 4.72 Å². The summed E-state index contributed by atoms with van der Waals surface area (Å²) in [6.07, 6.45) is 4.17. The van der Waals surface area contributed by atoms with Crippen molar-refractivity contribution in [1.29, 1.82) is 0 Å². The second-order valence-electron chi connectivity index (χ2n) is 5.54. The molecule has 0 aliphatic carbocycles. The van der Waals surface area contributed by atoms with Gasteiger partial charge in [0.15, 0.2) is 0 Å². The van der Waals surface area contributed by atoms with Gasteiger partial charge in [-0.05, 0) is 50.3 Å². The van der Waals surface area contributed by atoms with Crippen molar-refractivity contribution in [1.82, 2.24) is 4.72 Å². The molecule has 5 nitrogen and oxygen atoms in total. The largest absolute Gasteiger partial charge is 0.378 e. The van der Waals surface area contributed by atoms with Crippen LogP contribution < -0.4 is 10.5 Å². The number of hydrogen-bond donors (Lipinski definition) is 2. The highest BCUT2D eigenvalue weighted by atomic mass is 32.2. The van der Waals surface area contributed by atoms with Gasteiger partial charge < -0.3 is 10.5 Å². The average molecular weight is 312 g/mol. The summed E-state index contributed by atoms with van der Waals surface area (Å²) in [6, 6.07) is 6.59. The maximum absolute atomic E-state index is 12.3. The number of sulfonamides is 1. The normalized spacial score (nSPS) is 21.1. The first-order valence-electron chi connectivity index (χ1n) is 7.46. The van der Waals surface area contributed by atoms with Gasteiger partial charge in [-0.2, -0.15) is 0 Å². The Morgan fingerprint density at radius 3 is 2.90 bits per heavy atom. The van der Waals surface area contributed by atoms with E-state index in [9.17, 15) is 8.42 Å². The first kappa shape index (κ1) is 16.4. The molecule has 0 saturated carbocycles. The third-order valence-electron chi connectivity index (χ3n) is 3.73. The smallest absolute Gasteiger partial charge is 0.240 e. The number of ether oxygens (including phenoxy) is 1. The number of rotatable bonds is 6. The molecule has 1 heterocycles. The third kappa shape index (κ3) is 4.78. The van der Waals surface area contributed by atoms with E-state index in [-0.39, 0.29) is 17.0 Å². The minimum atomic E-state index is -3.48. The Balaban J connectivity index is 1.93. The van der Waals surface area contributed by atoms with Gasteiger partial charge in [0.2, 0.25) is 10.0 Å². The molecule has 1 fully saturated rings. The SMILES string of the molecule is CC(N)c1cccc(S(=O)(=O)NCCC2CCCCO2)c1.